The average Bonchev–Trinajstić information content (AvgIpc) is 2.42. The topological polar surface area (TPSA) is 87.7 Å². The van der Waals surface area contributed by atoms with Crippen molar-refractivity contribution >= 4 is 23.5 Å². The molecule has 2 rings (SSSR count). The van der Waals surface area contributed by atoms with Gasteiger partial charge in [0.15, 0.2) is 5.75 Å². The van der Waals surface area contributed by atoms with E-state index in [1.807, 2.05) is 19.1 Å². The Morgan fingerprint density at radius 1 is 1.27 bits per heavy atom. The molecular weight excluding hydrogens is 286 g/mol. The van der Waals surface area contributed by atoms with Crippen LogP contribution in [-0.2, 0) is 14.4 Å². The standard InChI is InChI=1S/C15H19N3O4/c1-10-3-4-12-13(7-10)22-15(21)9-18(12)8-14(20)17-6-5-16-11(2)19/h3-4,7H,5-6,8-9H2,1-2H3,(H,16,19)(H,17,20). The fraction of sp³-hybridized carbons (Fsp3) is 0.400. The van der Waals surface area contributed by atoms with Gasteiger partial charge in [0.05, 0.1) is 12.2 Å². The van der Waals surface area contributed by atoms with Gasteiger partial charge < -0.3 is 20.3 Å². The number of hydrogen-bond acceptors (Lipinski definition) is 5. The third kappa shape index (κ3) is 4.21. The molecule has 1 aliphatic rings. The summed E-state index contributed by atoms with van der Waals surface area (Å²) in [5.74, 6) is -0.268. The monoisotopic (exact) mass is 305 g/mol. The van der Waals surface area contributed by atoms with E-state index in [9.17, 15) is 14.4 Å². The zero-order valence-electron chi connectivity index (χ0n) is 12.6. The molecule has 0 aromatic heterocycles. The van der Waals surface area contributed by atoms with Crippen LogP contribution >= 0.6 is 0 Å². The molecule has 0 saturated heterocycles. The van der Waals surface area contributed by atoms with Crippen molar-refractivity contribution in [3.8, 4) is 5.75 Å². The molecule has 1 aliphatic heterocycles. The smallest absolute Gasteiger partial charge is 0.331 e. The normalized spacial score (nSPS) is 13.2. The second kappa shape index (κ2) is 6.93. The number of fused-ring (bicyclic) bond motifs is 1. The highest BCUT2D eigenvalue weighted by molar-refractivity contribution is 5.89. The lowest BCUT2D eigenvalue weighted by Crippen LogP contribution is -2.44. The maximum Gasteiger partial charge on any atom is 0.331 e. The summed E-state index contributed by atoms with van der Waals surface area (Å²) in [6.45, 7) is 4.14. The number of hydrogen-bond donors (Lipinski definition) is 2. The number of ether oxygens (including phenoxy) is 1. The average molecular weight is 305 g/mol. The molecule has 0 fully saturated rings. The molecule has 2 amide bonds. The molecule has 0 atom stereocenters. The molecule has 0 radical (unpaired) electrons. The van der Waals surface area contributed by atoms with E-state index in [4.69, 9.17) is 4.74 Å². The van der Waals surface area contributed by atoms with Gasteiger partial charge in [0.25, 0.3) is 0 Å². The molecule has 7 nitrogen and oxygen atoms in total. The quantitative estimate of drug-likeness (QED) is 0.453. The molecule has 22 heavy (non-hydrogen) atoms. The van der Waals surface area contributed by atoms with Crippen molar-refractivity contribution in [1.82, 2.24) is 10.6 Å². The maximum absolute atomic E-state index is 11.9. The van der Waals surface area contributed by atoms with Crippen molar-refractivity contribution < 1.29 is 19.1 Å². The van der Waals surface area contributed by atoms with Crippen LogP contribution in [0.2, 0.25) is 0 Å². The number of esters is 1. The van der Waals surface area contributed by atoms with Crippen LogP contribution in [0.3, 0.4) is 0 Å². The summed E-state index contributed by atoms with van der Waals surface area (Å²) in [6, 6.07) is 5.51. The Kier molecular flexibility index (Phi) is 4.98. The van der Waals surface area contributed by atoms with Crippen LogP contribution in [-0.4, -0.2) is 44.0 Å². The van der Waals surface area contributed by atoms with Gasteiger partial charge in [0, 0.05) is 20.0 Å². The number of carbonyl (C=O) groups is 3. The summed E-state index contributed by atoms with van der Waals surface area (Å²) in [5.41, 5.74) is 1.70. The fourth-order valence-corrected chi connectivity index (χ4v) is 2.17. The Balaban J connectivity index is 1.94. The minimum Gasteiger partial charge on any atom is -0.423 e. The summed E-state index contributed by atoms with van der Waals surface area (Å²) in [7, 11) is 0. The predicted molar refractivity (Wildman–Crippen MR) is 80.7 cm³/mol. The van der Waals surface area contributed by atoms with Crippen LogP contribution in [0.5, 0.6) is 5.75 Å². The van der Waals surface area contributed by atoms with Crippen LogP contribution in [0, 0.1) is 6.92 Å². The Hall–Kier alpha value is -2.57. The highest BCUT2D eigenvalue weighted by Gasteiger charge is 2.25. The van der Waals surface area contributed by atoms with Crippen molar-refractivity contribution in [3.05, 3.63) is 23.8 Å². The zero-order chi connectivity index (χ0) is 16.1. The van der Waals surface area contributed by atoms with E-state index < -0.39 is 0 Å². The highest BCUT2D eigenvalue weighted by atomic mass is 16.5. The molecule has 2 N–H and O–H groups in total. The molecule has 7 heteroatoms. The van der Waals surface area contributed by atoms with Crippen LogP contribution < -0.4 is 20.3 Å². The van der Waals surface area contributed by atoms with E-state index in [-0.39, 0.29) is 30.9 Å². The Labute approximate surface area is 128 Å². The first-order valence-electron chi connectivity index (χ1n) is 7.03. The largest absolute Gasteiger partial charge is 0.423 e. The van der Waals surface area contributed by atoms with E-state index in [0.29, 0.717) is 18.8 Å². The first-order chi connectivity index (χ1) is 10.5. The van der Waals surface area contributed by atoms with Crippen molar-refractivity contribution in [3.63, 3.8) is 0 Å². The third-order valence-corrected chi connectivity index (χ3v) is 3.16. The number of nitrogens with zero attached hydrogens (tertiary/aromatic N) is 1. The second-order valence-electron chi connectivity index (χ2n) is 5.13. The number of nitrogens with one attached hydrogen (secondary N) is 2. The fourth-order valence-electron chi connectivity index (χ4n) is 2.17. The first kappa shape index (κ1) is 15.8. The molecule has 0 unspecified atom stereocenters. The molecule has 118 valence electrons. The number of benzene rings is 1. The minimum atomic E-state index is -0.385. The second-order valence-corrected chi connectivity index (χ2v) is 5.13. The summed E-state index contributed by atoms with van der Waals surface area (Å²) in [5, 5.41) is 5.29. The lowest BCUT2D eigenvalue weighted by molar-refractivity contribution is -0.133. The highest BCUT2D eigenvalue weighted by Crippen LogP contribution is 2.32. The van der Waals surface area contributed by atoms with Gasteiger partial charge in [-0.15, -0.1) is 0 Å². The maximum atomic E-state index is 11.9. The van der Waals surface area contributed by atoms with Gasteiger partial charge in [-0.25, -0.2) is 4.79 Å². The molecule has 0 bridgehead atoms. The van der Waals surface area contributed by atoms with Gasteiger partial charge in [0.2, 0.25) is 11.8 Å². The summed E-state index contributed by atoms with van der Waals surface area (Å²) in [6.07, 6.45) is 0. The van der Waals surface area contributed by atoms with Crippen molar-refractivity contribution in [2.24, 2.45) is 0 Å². The molecule has 0 spiro atoms. The predicted octanol–water partition coefficient (Wildman–Crippen LogP) is -0.0273. The molecule has 0 aliphatic carbocycles. The van der Waals surface area contributed by atoms with Gasteiger partial charge in [0.1, 0.15) is 6.54 Å². The van der Waals surface area contributed by atoms with Crippen molar-refractivity contribution in [1.29, 1.82) is 0 Å². The van der Waals surface area contributed by atoms with Gasteiger partial charge >= 0.3 is 5.97 Å². The molecule has 1 aromatic rings. The van der Waals surface area contributed by atoms with Gasteiger partial charge in [-0.3, -0.25) is 9.59 Å². The van der Waals surface area contributed by atoms with E-state index in [1.54, 1.807) is 11.0 Å². The minimum absolute atomic E-state index is 0.0369. The van der Waals surface area contributed by atoms with Gasteiger partial charge in [-0.2, -0.15) is 0 Å². The van der Waals surface area contributed by atoms with Crippen LogP contribution in [0.1, 0.15) is 12.5 Å². The first-order valence-corrected chi connectivity index (χ1v) is 7.03. The SMILES string of the molecule is CC(=O)NCCNC(=O)CN1CC(=O)Oc2cc(C)ccc21. The zero-order valence-corrected chi connectivity index (χ0v) is 12.6. The van der Waals surface area contributed by atoms with E-state index >= 15 is 0 Å². The summed E-state index contributed by atoms with van der Waals surface area (Å²) in [4.78, 5) is 35.9. The molecular formula is C15H19N3O4. The number of amides is 2. The third-order valence-electron chi connectivity index (χ3n) is 3.16. The van der Waals surface area contributed by atoms with E-state index in [0.717, 1.165) is 11.3 Å². The van der Waals surface area contributed by atoms with Crippen molar-refractivity contribution in [2.75, 3.05) is 31.1 Å². The molecule has 1 heterocycles. The van der Waals surface area contributed by atoms with Gasteiger partial charge in [-0.05, 0) is 24.6 Å². The number of anilines is 1. The van der Waals surface area contributed by atoms with Gasteiger partial charge in [-0.1, -0.05) is 6.07 Å². The Morgan fingerprint density at radius 3 is 2.73 bits per heavy atom. The van der Waals surface area contributed by atoms with Crippen LogP contribution in [0.15, 0.2) is 18.2 Å². The molecule has 0 saturated carbocycles. The summed E-state index contributed by atoms with van der Waals surface area (Å²) >= 11 is 0. The van der Waals surface area contributed by atoms with Crippen molar-refractivity contribution in [2.45, 2.75) is 13.8 Å². The lowest BCUT2D eigenvalue weighted by atomic mass is 10.1. The van der Waals surface area contributed by atoms with E-state index in [2.05, 4.69) is 10.6 Å². The van der Waals surface area contributed by atoms with Crippen LogP contribution in [0.25, 0.3) is 0 Å². The summed E-state index contributed by atoms with van der Waals surface area (Å²) < 4.78 is 5.19. The lowest BCUT2D eigenvalue weighted by Gasteiger charge is -2.29. The Morgan fingerprint density at radius 2 is 2.00 bits per heavy atom. The van der Waals surface area contributed by atoms with E-state index in [1.165, 1.54) is 6.92 Å². The molecule has 1 aromatic carbocycles. The number of carbonyl (C=O) groups excluding carboxylic acids is 3. The number of aryl methyl sites for hydroxylation is 1. The Bertz CT molecular complexity index is 600. The number of rotatable bonds is 5. The van der Waals surface area contributed by atoms with Crippen LogP contribution in [0.4, 0.5) is 5.69 Å².